The van der Waals surface area contributed by atoms with Crippen LogP contribution in [-0.2, 0) is 4.79 Å². The van der Waals surface area contributed by atoms with Gasteiger partial charge < -0.3 is 0 Å². The summed E-state index contributed by atoms with van der Waals surface area (Å²) >= 11 is 0. The number of hydrogen-bond donors (Lipinski definition) is 0. The summed E-state index contributed by atoms with van der Waals surface area (Å²) in [4.78, 5) is 11.3. The molecule has 0 fully saturated rings. The van der Waals surface area contributed by atoms with Crippen LogP contribution in [0.2, 0.25) is 0 Å². The standard InChI is InChI=1S/C14H15FO/c1-11(2)10-13(15)14(16)9-8-12-6-4-3-5-7-12/h3-11H,1-2H3/b9-8+,13-10-. The van der Waals surface area contributed by atoms with Crippen LogP contribution in [0.3, 0.4) is 0 Å². The monoisotopic (exact) mass is 218 g/mol. The summed E-state index contributed by atoms with van der Waals surface area (Å²) < 4.78 is 13.2. The minimum Gasteiger partial charge on any atom is -0.287 e. The van der Waals surface area contributed by atoms with Gasteiger partial charge in [-0.05, 0) is 23.6 Å². The Morgan fingerprint density at radius 2 is 1.88 bits per heavy atom. The molecule has 0 aliphatic carbocycles. The lowest BCUT2D eigenvalue weighted by atomic mass is 10.1. The molecule has 0 unspecified atom stereocenters. The van der Waals surface area contributed by atoms with Crippen molar-refractivity contribution in [3.8, 4) is 0 Å². The first-order valence-corrected chi connectivity index (χ1v) is 5.24. The van der Waals surface area contributed by atoms with Gasteiger partial charge in [0.15, 0.2) is 5.83 Å². The fraction of sp³-hybridized carbons (Fsp3) is 0.214. The topological polar surface area (TPSA) is 17.1 Å². The quantitative estimate of drug-likeness (QED) is 0.703. The number of ketones is 1. The summed E-state index contributed by atoms with van der Waals surface area (Å²) in [6.07, 6.45) is 4.18. The van der Waals surface area contributed by atoms with Crippen molar-refractivity contribution >= 4 is 11.9 Å². The second-order valence-electron chi connectivity index (χ2n) is 3.87. The third-order valence-corrected chi connectivity index (χ3v) is 1.94. The van der Waals surface area contributed by atoms with Gasteiger partial charge in [0.1, 0.15) is 0 Å². The van der Waals surface area contributed by atoms with Crippen LogP contribution in [0.4, 0.5) is 4.39 Å². The smallest absolute Gasteiger partial charge is 0.213 e. The normalized spacial score (nSPS) is 12.4. The van der Waals surface area contributed by atoms with Crippen molar-refractivity contribution in [3.05, 3.63) is 53.9 Å². The molecule has 0 bridgehead atoms. The van der Waals surface area contributed by atoms with Crippen LogP contribution in [0, 0.1) is 5.92 Å². The summed E-state index contributed by atoms with van der Waals surface area (Å²) in [5.74, 6) is -1.24. The molecule has 1 nitrogen and oxygen atoms in total. The first-order chi connectivity index (χ1) is 7.59. The lowest BCUT2D eigenvalue weighted by Gasteiger charge is -1.95. The maximum Gasteiger partial charge on any atom is 0.213 e. The zero-order chi connectivity index (χ0) is 12.0. The van der Waals surface area contributed by atoms with Crippen molar-refractivity contribution in [1.82, 2.24) is 0 Å². The van der Waals surface area contributed by atoms with Gasteiger partial charge in [-0.15, -0.1) is 0 Å². The maximum atomic E-state index is 13.2. The van der Waals surface area contributed by atoms with Crippen LogP contribution < -0.4 is 0 Å². The molecule has 0 aliphatic rings. The van der Waals surface area contributed by atoms with E-state index in [1.165, 1.54) is 12.2 Å². The van der Waals surface area contributed by atoms with Gasteiger partial charge in [-0.1, -0.05) is 50.3 Å². The molecule has 1 aromatic rings. The van der Waals surface area contributed by atoms with E-state index in [0.29, 0.717) is 0 Å². The molecule has 0 saturated heterocycles. The highest BCUT2D eigenvalue weighted by Crippen LogP contribution is 2.07. The number of rotatable bonds is 4. The van der Waals surface area contributed by atoms with Crippen molar-refractivity contribution in [2.24, 2.45) is 5.92 Å². The van der Waals surface area contributed by atoms with E-state index in [1.807, 2.05) is 44.2 Å². The second kappa shape index (κ2) is 6.01. The van der Waals surface area contributed by atoms with E-state index < -0.39 is 11.6 Å². The SMILES string of the molecule is CC(C)/C=C(\F)C(=O)/C=C/c1ccccc1. The molecule has 0 spiro atoms. The molecule has 0 aromatic heterocycles. The molecule has 0 atom stereocenters. The number of hydrogen-bond acceptors (Lipinski definition) is 1. The minimum atomic E-state index is -0.692. The molecule has 2 heteroatoms. The molecule has 0 saturated carbocycles. The molecule has 0 aliphatic heterocycles. The average Bonchev–Trinajstić information content (AvgIpc) is 2.26. The molecule has 16 heavy (non-hydrogen) atoms. The predicted molar refractivity (Wildman–Crippen MR) is 64.5 cm³/mol. The highest BCUT2D eigenvalue weighted by Gasteiger charge is 2.04. The Kier molecular flexibility index (Phi) is 4.65. The van der Waals surface area contributed by atoms with E-state index >= 15 is 0 Å². The van der Waals surface area contributed by atoms with Crippen LogP contribution in [0.15, 0.2) is 48.3 Å². The van der Waals surface area contributed by atoms with Crippen molar-refractivity contribution in [2.45, 2.75) is 13.8 Å². The van der Waals surface area contributed by atoms with E-state index in [2.05, 4.69) is 0 Å². The molecular formula is C14H15FO. The molecule has 0 N–H and O–H groups in total. The fourth-order valence-corrected chi connectivity index (χ4v) is 1.19. The van der Waals surface area contributed by atoms with E-state index in [9.17, 15) is 9.18 Å². The van der Waals surface area contributed by atoms with Gasteiger partial charge in [0, 0.05) is 0 Å². The number of carbonyl (C=O) groups excluding carboxylic acids is 1. The van der Waals surface area contributed by atoms with Crippen molar-refractivity contribution in [1.29, 1.82) is 0 Å². The van der Waals surface area contributed by atoms with Crippen molar-refractivity contribution in [2.75, 3.05) is 0 Å². The Balaban J connectivity index is 2.68. The van der Waals surface area contributed by atoms with Gasteiger partial charge in [0.25, 0.3) is 0 Å². The Hall–Kier alpha value is -1.70. The Morgan fingerprint density at radius 1 is 1.25 bits per heavy atom. The fourth-order valence-electron chi connectivity index (χ4n) is 1.19. The minimum absolute atomic E-state index is 0.0362. The molecule has 1 rings (SSSR count). The number of halogens is 1. The van der Waals surface area contributed by atoms with Crippen LogP contribution in [0.5, 0.6) is 0 Å². The Labute approximate surface area is 95.3 Å². The second-order valence-corrected chi connectivity index (χ2v) is 3.87. The highest BCUT2D eigenvalue weighted by atomic mass is 19.1. The Bertz CT molecular complexity index is 402. The number of allylic oxidation sites excluding steroid dienone is 3. The van der Waals surface area contributed by atoms with Gasteiger partial charge >= 0.3 is 0 Å². The van der Waals surface area contributed by atoms with Gasteiger partial charge in [-0.3, -0.25) is 4.79 Å². The largest absolute Gasteiger partial charge is 0.287 e. The van der Waals surface area contributed by atoms with E-state index in [1.54, 1.807) is 6.08 Å². The van der Waals surface area contributed by atoms with Crippen LogP contribution in [-0.4, -0.2) is 5.78 Å². The molecule has 84 valence electrons. The summed E-state index contributed by atoms with van der Waals surface area (Å²) in [6.45, 7) is 3.65. The molecule has 0 amide bonds. The summed E-state index contributed by atoms with van der Waals surface area (Å²) in [7, 11) is 0. The maximum absolute atomic E-state index is 13.2. The van der Waals surface area contributed by atoms with Gasteiger partial charge in [0.05, 0.1) is 0 Å². The zero-order valence-corrected chi connectivity index (χ0v) is 9.48. The molecule has 0 radical (unpaired) electrons. The van der Waals surface area contributed by atoms with E-state index in [0.717, 1.165) is 5.56 Å². The van der Waals surface area contributed by atoms with E-state index in [4.69, 9.17) is 0 Å². The summed E-state index contributed by atoms with van der Waals surface area (Å²) in [6, 6.07) is 9.33. The third kappa shape index (κ3) is 4.22. The van der Waals surface area contributed by atoms with Gasteiger partial charge in [-0.25, -0.2) is 4.39 Å². The molecular weight excluding hydrogens is 203 g/mol. The first kappa shape index (κ1) is 12.4. The van der Waals surface area contributed by atoms with Crippen LogP contribution in [0.25, 0.3) is 6.08 Å². The number of carbonyl (C=O) groups is 1. The third-order valence-electron chi connectivity index (χ3n) is 1.94. The first-order valence-electron chi connectivity index (χ1n) is 5.24. The lowest BCUT2D eigenvalue weighted by Crippen LogP contribution is -1.95. The lowest BCUT2D eigenvalue weighted by molar-refractivity contribution is -0.112. The summed E-state index contributed by atoms with van der Waals surface area (Å²) in [5, 5.41) is 0. The van der Waals surface area contributed by atoms with Gasteiger partial charge in [-0.2, -0.15) is 0 Å². The highest BCUT2D eigenvalue weighted by molar-refractivity contribution is 6.04. The van der Waals surface area contributed by atoms with E-state index in [-0.39, 0.29) is 5.92 Å². The summed E-state index contributed by atoms with van der Waals surface area (Å²) in [5.41, 5.74) is 0.883. The molecule has 0 heterocycles. The molecule has 1 aromatic carbocycles. The average molecular weight is 218 g/mol. The van der Waals surface area contributed by atoms with Crippen molar-refractivity contribution in [3.63, 3.8) is 0 Å². The zero-order valence-electron chi connectivity index (χ0n) is 9.48. The van der Waals surface area contributed by atoms with Crippen LogP contribution >= 0.6 is 0 Å². The predicted octanol–water partition coefficient (Wildman–Crippen LogP) is 3.78. The van der Waals surface area contributed by atoms with Gasteiger partial charge in [0.2, 0.25) is 5.78 Å². The van der Waals surface area contributed by atoms with Crippen molar-refractivity contribution < 1.29 is 9.18 Å². The van der Waals surface area contributed by atoms with Crippen LogP contribution in [0.1, 0.15) is 19.4 Å². The Morgan fingerprint density at radius 3 is 2.44 bits per heavy atom. The number of benzene rings is 1.